The summed E-state index contributed by atoms with van der Waals surface area (Å²) in [5, 5.41) is 1.31. The number of hydrogen-bond donors (Lipinski definition) is 0. The molecule has 1 nitrogen and oxygen atoms in total. The lowest BCUT2D eigenvalue weighted by atomic mass is 10.1. The van der Waals surface area contributed by atoms with Crippen LogP contribution in [-0.4, -0.2) is 5.78 Å². The van der Waals surface area contributed by atoms with Crippen LogP contribution in [0.15, 0.2) is 18.2 Å². The fraction of sp³-hybridized carbons (Fsp3) is 0.364. The molecule has 0 unspecified atom stereocenters. The number of rotatable bonds is 2. The molecule has 1 aromatic rings. The van der Waals surface area contributed by atoms with Crippen LogP contribution in [0.5, 0.6) is 0 Å². The van der Waals surface area contributed by atoms with Crippen molar-refractivity contribution in [1.29, 1.82) is 0 Å². The number of hydrogen-bond acceptors (Lipinski definition) is 1. The van der Waals surface area contributed by atoms with Crippen LogP contribution in [0.1, 0.15) is 24.8 Å². The lowest BCUT2D eigenvalue weighted by Crippen LogP contribution is -1.95. The van der Waals surface area contributed by atoms with Crippen molar-refractivity contribution in [2.45, 2.75) is 19.3 Å². The van der Waals surface area contributed by atoms with Crippen LogP contribution in [-0.2, 0) is 4.79 Å². The monoisotopic (exact) mass is 228 g/mol. The van der Waals surface area contributed by atoms with Crippen molar-refractivity contribution in [2.24, 2.45) is 5.92 Å². The summed E-state index contributed by atoms with van der Waals surface area (Å²) in [6.45, 7) is 1.63. The van der Waals surface area contributed by atoms with Gasteiger partial charge in [-0.25, -0.2) is 0 Å². The largest absolute Gasteiger partial charge is 0.300 e. The summed E-state index contributed by atoms with van der Waals surface area (Å²) in [6.07, 6.45) is 0.927. The predicted octanol–water partition coefficient (Wildman–Crippen LogP) is 3.69. The van der Waals surface area contributed by atoms with Crippen LogP contribution in [0, 0.1) is 5.92 Å². The van der Waals surface area contributed by atoms with Gasteiger partial charge in [0.2, 0.25) is 0 Å². The highest BCUT2D eigenvalue weighted by Gasteiger charge is 2.42. The molecule has 1 saturated carbocycles. The maximum atomic E-state index is 11.1. The lowest BCUT2D eigenvalue weighted by Gasteiger charge is -2.02. The molecule has 1 fully saturated rings. The summed E-state index contributed by atoms with van der Waals surface area (Å²) in [5.74, 6) is 0.743. The summed E-state index contributed by atoms with van der Waals surface area (Å²) < 4.78 is 0. The highest BCUT2D eigenvalue weighted by atomic mass is 35.5. The Labute approximate surface area is 93.0 Å². The van der Waals surface area contributed by atoms with Crippen LogP contribution >= 0.6 is 23.2 Å². The first-order chi connectivity index (χ1) is 6.59. The molecule has 0 radical (unpaired) electrons. The molecule has 0 heterocycles. The van der Waals surface area contributed by atoms with Gasteiger partial charge in [0.25, 0.3) is 0 Å². The molecule has 1 aromatic carbocycles. The Kier molecular flexibility index (Phi) is 2.54. The summed E-state index contributed by atoms with van der Waals surface area (Å²) in [7, 11) is 0. The normalized spacial score (nSPS) is 24.8. The number of halogens is 2. The molecule has 0 N–H and O–H groups in total. The molecule has 74 valence electrons. The minimum absolute atomic E-state index is 0.175. The van der Waals surface area contributed by atoms with Crippen molar-refractivity contribution in [2.75, 3.05) is 0 Å². The number of carbonyl (C=O) groups is 1. The Morgan fingerprint density at radius 1 is 1.43 bits per heavy atom. The van der Waals surface area contributed by atoms with E-state index in [1.807, 2.05) is 12.1 Å². The summed E-state index contributed by atoms with van der Waals surface area (Å²) in [4.78, 5) is 11.1. The Balaban J connectivity index is 2.23. The summed E-state index contributed by atoms with van der Waals surface area (Å²) in [6, 6.07) is 5.46. The van der Waals surface area contributed by atoms with Gasteiger partial charge in [0.05, 0.1) is 0 Å². The van der Waals surface area contributed by atoms with Crippen molar-refractivity contribution < 1.29 is 4.79 Å². The zero-order valence-corrected chi connectivity index (χ0v) is 9.27. The molecule has 2 rings (SSSR count). The van der Waals surface area contributed by atoms with Crippen LogP contribution in [0.3, 0.4) is 0 Å². The summed E-state index contributed by atoms with van der Waals surface area (Å²) in [5.41, 5.74) is 1.05. The van der Waals surface area contributed by atoms with Crippen molar-refractivity contribution in [3.63, 3.8) is 0 Å². The minimum Gasteiger partial charge on any atom is -0.300 e. The fourth-order valence-corrected chi connectivity index (χ4v) is 2.34. The van der Waals surface area contributed by atoms with Crippen LogP contribution in [0.2, 0.25) is 10.0 Å². The first-order valence-electron chi connectivity index (χ1n) is 4.55. The van der Waals surface area contributed by atoms with Gasteiger partial charge in [-0.15, -0.1) is 0 Å². The molecular weight excluding hydrogens is 219 g/mol. The molecule has 0 saturated heterocycles. The third-order valence-corrected chi connectivity index (χ3v) is 3.24. The van der Waals surface area contributed by atoms with E-state index in [9.17, 15) is 4.79 Å². The number of ketones is 1. The van der Waals surface area contributed by atoms with Gasteiger partial charge in [0.15, 0.2) is 0 Å². The smallest absolute Gasteiger partial charge is 0.133 e. The van der Waals surface area contributed by atoms with Crippen molar-refractivity contribution >= 4 is 29.0 Å². The predicted molar refractivity (Wildman–Crippen MR) is 58.0 cm³/mol. The van der Waals surface area contributed by atoms with E-state index in [1.54, 1.807) is 13.0 Å². The lowest BCUT2D eigenvalue weighted by molar-refractivity contribution is -0.118. The third-order valence-electron chi connectivity index (χ3n) is 2.67. The Bertz CT molecular complexity index is 387. The summed E-state index contributed by atoms with van der Waals surface area (Å²) >= 11 is 11.8. The Morgan fingerprint density at radius 3 is 2.64 bits per heavy atom. The SMILES string of the molecule is CC(=O)[C@H]1C[C@H]1c1ccc(Cl)cc1Cl. The van der Waals surface area contributed by atoms with Crippen molar-refractivity contribution in [3.8, 4) is 0 Å². The van der Waals surface area contributed by atoms with Crippen LogP contribution in [0.25, 0.3) is 0 Å². The molecule has 0 aliphatic heterocycles. The number of carbonyl (C=O) groups excluding carboxylic acids is 1. The molecular formula is C11H10Cl2O. The fourth-order valence-electron chi connectivity index (χ4n) is 1.79. The van der Waals surface area contributed by atoms with Gasteiger partial charge in [0, 0.05) is 16.0 Å². The van der Waals surface area contributed by atoms with E-state index in [0.717, 1.165) is 12.0 Å². The molecule has 0 bridgehead atoms. The first-order valence-corrected chi connectivity index (χ1v) is 5.30. The van der Waals surface area contributed by atoms with Crippen LogP contribution in [0.4, 0.5) is 0 Å². The quantitative estimate of drug-likeness (QED) is 0.755. The van der Waals surface area contributed by atoms with Gasteiger partial charge in [-0.3, -0.25) is 4.79 Å². The molecule has 0 amide bonds. The highest BCUT2D eigenvalue weighted by Crippen LogP contribution is 2.50. The minimum atomic E-state index is 0.175. The average molecular weight is 229 g/mol. The number of benzene rings is 1. The van der Waals surface area contributed by atoms with E-state index >= 15 is 0 Å². The highest BCUT2D eigenvalue weighted by molar-refractivity contribution is 6.35. The molecule has 3 heteroatoms. The third kappa shape index (κ3) is 1.79. The second-order valence-electron chi connectivity index (χ2n) is 3.73. The van der Waals surface area contributed by atoms with E-state index in [0.29, 0.717) is 16.0 Å². The topological polar surface area (TPSA) is 17.1 Å². The van der Waals surface area contributed by atoms with E-state index in [4.69, 9.17) is 23.2 Å². The molecule has 1 aliphatic carbocycles. The van der Waals surface area contributed by atoms with Gasteiger partial charge in [-0.1, -0.05) is 29.3 Å². The standard InChI is InChI=1S/C11H10Cl2O/c1-6(14)9-5-10(9)8-3-2-7(12)4-11(8)13/h2-4,9-10H,5H2,1H3/t9-,10+/m1/s1. The van der Waals surface area contributed by atoms with Gasteiger partial charge in [-0.2, -0.15) is 0 Å². The molecule has 2 atom stereocenters. The van der Waals surface area contributed by atoms with E-state index < -0.39 is 0 Å². The molecule has 0 aromatic heterocycles. The van der Waals surface area contributed by atoms with E-state index in [2.05, 4.69) is 0 Å². The maximum Gasteiger partial charge on any atom is 0.133 e. The van der Waals surface area contributed by atoms with Gasteiger partial charge >= 0.3 is 0 Å². The Hall–Kier alpha value is -0.530. The Morgan fingerprint density at radius 2 is 2.14 bits per heavy atom. The van der Waals surface area contributed by atoms with E-state index in [1.165, 1.54) is 0 Å². The van der Waals surface area contributed by atoms with Crippen LogP contribution < -0.4 is 0 Å². The molecule has 0 spiro atoms. The number of Topliss-reactive ketones (excluding diaryl/α,β-unsaturated/α-hetero) is 1. The van der Waals surface area contributed by atoms with Crippen molar-refractivity contribution in [3.05, 3.63) is 33.8 Å². The molecule has 14 heavy (non-hydrogen) atoms. The van der Waals surface area contributed by atoms with Gasteiger partial charge < -0.3 is 0 Å². The maximum absolute atomic E-state index is 11.1. The second kappa shape index (κ2) is 3.56. The second-order valence-corrected chi connectivity index (χ2v) is 4.57. The zero-order chi connectivity index (χ0) is 10.3. The van der Waals surface area contributed by atoms with Gasteiger partial charge in [0.1, 0.15) is 5.78 Å². The first kappa shape index (κ1) is 10.0. The van der Waals surface area contributed by atoms with Gasteiger partial charge in [-0.05, 0) is 37.0 Å². The zero-order valence-electron chi connectivity index (χ0n) is 7.76. The van der Waals surface area contributed by atoms with E-state index in [-0.39, 0.29) is 11.7 Å². The molecule has 1 aliphatic rings. The van der Waals surface area contributed by atoms with Crippen molar-refractivity contribution in [1.82, 2.24) is 0 Å². The average Bonchev–Trinajstić information content (AvgIpc) is 2.83.